The van der Waals surface area contributed by atoms with Crippen molar-refractivity contribution in [3.63, 3.8) is 0 Å². The lowest BCUT2D eigenvalue weighted by Gasteiger charge is -2.32. The number of esters is 1. The Morgan fingerprint density at radius 1 is 1.07 bits per heavy atom. The number of fused-ring (bicyclic) bond motifs is 3. The fourth-order valence-electron chi connectivity index (χ4n) is 7.84. The summed E-state index contributed by atoms with van der Waals surface area (Å²) in [4.78, 5) is 24.3. The van der Waals surface area contributed by atoms with Gasteiger partial charge in [0, 0.05) is 29.7 Å². The molecule has 2 saturated heterocycles. The fourth-order valence-corrected chi connectivity index (χ4v) is 7.84. The van der Waals surface area contributed by atoms with Crippen molar-refractivity contribution in [1.29, 1.82) is 0 Å². The normalized spacial score (nSPS) is 27.5. The van der Waals surface area contributed by atoms with Gasteiger partial charge in [-0.2, -0.15) is 13.2 Å². The highest BCUT2D eigenvalue weighted by molar-refractivity contribution is 5.93. The number of hydrogen-bond acceptors (Lipinski definition) is 7. The average Bonchev–Trinajstić information content (AvgIpc) is 3.69. The number of imidazole rings is 1. The number of halogens is 3. The molecule has 11 heteroatoms. The van der Waals surface area contributed by atoms with E-state index in [0.29, 0.717) is 44.0 Å². The fraction of sp³-hybridized carbons (Fsp3) is 0.606. The van der Waals surface area contributed by atoms with E-state index < -0.39 is 11.6 Å². The van der Waals surface area contributed by atoms with E-state index in [9.17, 15) is 18.0 Å². The van der Waals surface area contributed by atoms with Gasteiger partial charge in [0.25, 0.3) is 0 Å². The van der Waals surface area contributed by atoms with Crippen LogP contribution in [0.5, 0.6) is 5.88 Å². The number of hydrogen-bond donors (Lipinski definition) is 0. The van der Waals surface area contributed by atoms with E-state index >= 15 is 0 Å². The van der Waals surface area contributed by atoms with Gasteiger partial charge in [0.05, 0.1) is 54.9 Å². The Morgan fingerprint density at radius 2 is 1.84 bits per heavy atom. The van der Waals surface area contributed by atoms with Crippen molar-refractivity contribution in [1.82, 2.24) is 19.4 Å². The van der Waals surface area contributed by atoms with E-state index in [1.165, 1.54) is 7.11 Å². The second kappa shape index (κ2) is 11.3. The minimum Gasteiger partial charge on any atom is -0.477 e. The maximum absolute atomic E-state index is 13.7. The number of likely N-dealkylation sites (tertiary alicyclic amines) is 1. The summed E-state index contributed by atoms with van der Waals surface area (Å²) in [5.74, 6) is 1.38. The van der Waals surface area contributed by atoms with Crippen molar-refractivity contribution >= 4 is 17.0 Å². The molecule has 0 N–H and O–H groups in total. The van der Waals surface area contributed by atoms with Crippen LogP contribution >= 0.6 is 0 Å². The molecular formula is C33H39F3N4O4. The third kappa shape index (κ3) is 5.46. The predicted octanol–water partition coefficient (Wildman–Crippen LogP) is 6.28. The Labute approximate surface area is 254 Å². The monoisotopic (exact) mass is 612 g/mol. The van der Waals surface area contributed by atoms with Crippen LogP contribution < -0.4 is 4.74 Å². The molecule has 4 heterocycles. The summed E-state index contributed by atoms with van der Waals surface area (Å²) in [5, 5.41) is 0. The molecule has 3 aromatic rings. The second-order valence-corrected chi connectivity index (χ2v) is 13.3. The first kappa shape index (κ1) is 29.5. The summed E-state index contributed by atoms with van der Waals surface area (Å²) in [6.07, 6.45) is 0.632. The Bertz CT molecular complexity index is 1520. The van der Waals surface area contributed by atoms with E-state index in [1.54, 1.807) is 6.07 Å². The number of nitrogens with zero attached hydrogens (tertiary/aromatic N) is 4. The van der Waals surface area contributed by atoms with Gasteiger partial charge in [-0.1, -0.05) is 6.07 Å². The molecule has 4 aliphatic rings. The number of benzene rings is 1. The zero-order valence-electron chi connectivity index (χ0n) is 25.1. The first-order valence-electron chi connectivity index (χ1n) is 15.7. The molecule has 2 aliphatic heterocycles. The molecule has 1 aromatic carbocycles. The number of pyridine rings is 1. The van der Waals surface area contributed by atoms with Crippen LogP contribution in [0.15, 0.2) is 36.4 Å². The van der Waals surface area contributed by atoms with Gasteiger partial charge in [-0.25, -0.2) is 14.8 Å². The average molecular weight is 613 g/mol. The van der Waals surface area contributed by atoms with Crippen molar-refractivity contribution in [2.24, 2.45) is 10.8 Å². The Balaban J connectivity index is 0.986. The van der Waals surface area contributed by atoms with E-state index in [2.05, 4.69) is 9.47 Å². The highest BCUT2D eigenvalue weighted by atomic mass is 19.4. The molecule has 0 amide bonds. The number of aromatic nitrogens is 3. The zero-order valence-corrected chi connectivity index (χ0v) is 25.1. The van der Waals surface area contributed by atoms with Gasteiger partial charge in [0.15, 0.2) is 0 Å². The quantitative estimate of drug-likeness (QED) is 0.263. The Kier molecular flexibility index (Phi) is 7.59. The van der Waals surface area contributed by atoms with Crippen LogP contribution in [-0.2, 0) is 22.6 Å². The van der Waals surface area contributed by atoms with Crippen molar-refractivity contribution in [2.45, 2.75) is 82.7 Å². The van der Waals surface area contributed by atoms with Crippen molar-refractivity contribution < 1.29 is 32.2 Å². The molecule has 8 nitrogen and oxygen atoms in total. The number of methoxy groups -OCH3 is 1. The number of alkyl halides is 3. The smallest absolute Gasteiger partial charge is 0.394 e. The lowest BCUT2D eigenvalue weighted by molar-refractivity contribution is -0.220. The minimum absolute atomic E-state index is 0.147. The van der Waals surface area contributed by atoms with Crippen LogP contribution in [0, 0.1) is 10.8 Å². The van der Waals surface area contributed by atoms with Gasteiger partial charge >= 0.3 is 12.1 Å². The summed E-state index contributed by atoms with van der Waals surface area (Å²) in [6, 6.07) is 11.3. The summed E-state index contributed by atoms with van der Waals surface area (Å²) in [6.45, 7) is 4.23. The first-order chi connectivity index (χ1) is 21.2. The van der Waals surface area contributed by atoms with E-state index in [-0.39, 0.29) is 42.7 Å². The summed E-state index contributed by atoms with van der Waals surface area (Å²) in [5.41, 5.74) is 1.34. The van der Waals surface area contributed by atoms with Gasteiger partial charge < -0.3 is 18.8 Å². The molecule has 1 atom stereocenters. The lowest BCUT2D eigenvalue weighted by atomic mass is 9.82. The molecule has 2 bridgehead atoms. The summed E-state index contributed by atoms with van der Waals surface area (Å²) in [7, 11) is 1.38. The summed E-state index contributed by atoms with van der Waals surface area (Å²) >= 11 is 0. The molecule has 0 spiro atoms. The Morgan fingerprint density at radius 3 is 2.50 bits per heavy atom. The molecule has 236 valence electrons. The molecule has 0 unspecified atom stereocenters. The van der Waals surface area contributed by atoms with Crippen LogP contribution in [0.3, 0.4) is 0 Å². The van der Waals surface area contributed by atoms with Crippen LogP contribution in [0.25, 0.3) is 11.0 Å². The van der Waals surface area contributed by atoms with Crippen LogP contribution in [-0.4, -0.2) is 71.1 Å². The number of piperidine rings is 1. The van der Waals surface area contributed by atoms with E-state index in [0.717, 1.165) is 61.5 Å². The molecule has 44 heavy (non-hydrogen) atoms. The number of ether oxygens (including phenoxy) is 3. The highest BCUT2D eigenvalue weighted by Crippen LogP contribution is 2.67. The molecule has 7 rings (SSSR count). The summed E-state index contributed by atoms with van der Waals surface area (Å²) < 4.78 is 60.0. The van der Waals surface area contributed by atoms with Crippen molar-refractivity contribution in [3.8, 4) is 5.88 Å². The minimum atomic E-state index is -4.13. The Hall–Kier alpha value is -3.18. The van der Waals surface area contributed by atoms with Crippen LogP contribution in [0.2, 0.25) is 0 Å². The standard InChI is InChI=1S/C33H39F3N4O4/c1-42-30(41)23-5-6-26-27(17-23)40(18-24-9-16-43-24)28(37-26)19-39-14-7-22(8-15-39)25-3-2-4-29(38-25)44-21-31-10-12-32(20-31,13-11-31)33(34,35)36/h2-6,17,22,24H,7-16,18-21H2,1H3/t24-,31?,32?/m0/s1. The van der Waals surface area contributed by atoms with Crippen molar-refractivity contribution in [3.05, 3.63) is 53.5 Å². The van der Waals surface area contributed by atoms with Crippen molar-refractivity contribution in [2.75, 3.05) is 33.4 Å². The lowest BCUT2D eigenvalue weighted by Crippen LogP contribution is -2.35. The van der Waals surface area contributed by atoms with Gasteiger partial charge in [-0.05, 0) is 88.7 Å². The van der Waals surface area contributed by atoms with E-state index in [1.807, 2.05) is 30.3 Å². The second-order valence-electron chi connectivity index (χ2n) is 13.3. The van der Waals surface area contributed by atoms with Gasteiger partial charge in [0.2, 0.25) is 5.88 Å². The molecule has 2 aromatic heterocycles. The van der Waals surface area contributed by atoms with Crippen LogP contribution in [0.4, 0.5) is 13.2 Å². The third-order valence-electron chi connectivity index (χ3n) is 10.7. The highest BCUT2D eigenvalue weighted by Gasteiger charge is 2.66. The van der Waals surface area contributed by atoms with E-state index in [4.69, 9.17) is 24.2 Å². The predicted molar refractivity (Wildman–Crippen MR) is 156 cm³/mol. The van der Waals surface area contributed by atoms with Gasteiger partial charge in [0.1, 0.15) is 5.82 Å². The number of carbonyl (C=O) groups excluding carboxylic acids is 1. The topological polar surface area (TPSA) is 78.7 Å². The van der Waals surface area contributed by atoms with Crippen LogP contribution in [0.1, 0.15) is 79.2 Å². The number of carbonyl (C=O) groups is 1. The third-order valence-corrected chi connectivity index (χ3v) is 10.7. The molecule has 2 saturated carbocycles. The van der Waals surface area contributed by atoms with Gasteiger partial charge in [-0.15, -0.1) is 0 Å². The first-order valence-corrected chi connectivity index (χ1v) is 15.7. The molecule has 0 radical (unpaired) electrons. The largest absolute Gasteiger partial charge is 0.477 e. The number of rotatable bonds is 9. The molecule has 2 aliphatic carbocycles. The zero-order chi connectivity index (χ0) is 30.5. The maximum Gasteiger partial charge on any atom is 0.394 e. The molecular weight excluding hydrogens is 573 g/mol. The molecule has 4 fully saturated rings. The maximum atomic E-state index is 13.7. The SMILES string of the molecule is COC(=O)c1ccc2nc(CN3CCC(c4cccc(OCC56CCC(C(F)(F)F)(CC5)C6)n4)CC3)n(C[C@@H]3CCO3)c2c1. The van der Waals surface area contributed by atoms with Gasteiger partial charge in [-0.3, -0.25) is 4.90 Å².